The van der Waals surface area contributed by atoms with Crippen molar-refractivity contribution in [3.8, 4) is 0 Å². The Morgan fingerprint density at radius 3 is 1.02 bits per heavy atom. The van der Waals surface area contributed by atoms with E-state index in [9.17, 15) is 0 Å². The monoisotopic (exact) mass is 600 g/mol. The number of hydrogen-bond acceptors (Lipinski definition) is 0. The topological polar surface area (TPSA) is 0 Å². The minimum absolute atomic E-state index is 0.0611. The molecule has 0 atom stereocenters. The highest BCUT2D eigenvalue weighted by atomic mass is 28.4. The Morgan fingerprint density at radius 2 is 0.689 bits per heavy atom. The maximum atomic E-state index is 20.0. The normalized spacial score (nSPS) is 24.2. The summed E-state index contributed by atoms with van der Waals surface area (Å²) in [6, 6.07) is 44.8. The molecule has 6 aromatic carbocycles. The molecular formula is C42H30F2Si. The van der Waals surface area contributed by atoms with Crippen LogP contribution in [0.2, 0.25) is 0 Å². The van der Waals surface area contributed by atoms with Crippen molar-refractivity contribution in [2.45, 2.75) is 35.8 Å². The van der Waals surface area contributed by atoms with E-state index < -0.39 is 18.8 Å². The molecular weight excluding hydrogens is 571 g/mol. The molecule has 0 N–H and O–H groups in total. The number of benzene rings is 6. The molecule has 3 heteroatoms. The third kappa shape index (κ3) is 2.61. The van der Waals surface area contributed by atoms with Crippen molar-refractivity contribution >= 4 is 8.74 Å². The summed E-state index contributed by atoms with van der Waals surface area (Å²) in [5.41, 5.74) is 13.1. The molecule has 0 saturated carbocycles. The maximum Gasteiger partial charge on any atom is 0.462 e. The zero-order valence-electron chi connectivity index (χ0n) is 25.1. The van der Waals surface area contributed by atoms with Gasteiger partial charge in [0.05, 0.1) is 10.1 Å². The first-order chi connectivity index (χ1) is 22.0. The van der Waals surface area contributed by atoms with Gasteiger partial charge in [-0.05, 0) is 91.7 Å². The quantitative estimate of drug-likeness (QED) is 0.137. The second kappa shape index (κ2) is 8.35. The van der Waals surface area contributed by atoms with Gasteiger partial charge in [0.25, 0.3) is 0 Å². The van der Waals surface area contributed by atoms with Crippen LogP contribution < -0.4 is 0 Å². The van der Waals surface area contributed by atoms with Crippen LogP contribution in [0.15, 0.2) is 133 Å². The molecule has 6 aliphatic carbocycles. The fraction of sp³-hybridized carbons (Fsp3) is 0.143. The summed E-state index contributed by atoms with van der Waals surface area (Å²) in [4.78, 5) is 0. The molecule has 6 aromatic rings. The number of aryl methyl sites for hydroxylation is 2. The smallest absolute Gasteiger partial charge is 0.267 e. The maximum absolute atomic E-state index is 20.0. The van der Waals surface area contributed by atoms with Crippen LogP contribution in [0.3, 0.4) is 0 Å². The van der Waals surface area contributed by atoms with Gasteiger partial charge in [0.2, 0.25) is 0 Å². The van der Waals surface area contributed by atoms with E-state index in [-0.39, 0.29) is 11.8 Å². The van der Waals surface area contributed by atoms with E-state index in [2.05, 4.69) is 50.2 Å². The summed E-state index contributed by atoms with van der Waals surface area (Å²) >= 11 is 0. The standard InChI is InChI=1S/C42H30F2Si/c1-25-13-11-23-35-37(25)39-27-15-3-7-19-31(27)41(35,32-20-8-4-16-28(32)39)45(43,44)42-33-21-9-5-17-29(33)40(30-18-6-10-22-34(30)42)38-26(2)14-12-24-36(38)42/h3-24,39-40H,1-2H3. The third-order valence-corrected chi connectivity index (χ3v) is 15.2. The first-order valence-corrected chi connectivity index (χ1v) is 17.7. The molecule has 6 aliphatic rings. The van der Waals surface area contributed by atoms with Crippen molar-refractivity contribution in [1.82, 2.24) is 0 Å². The van der Waals surface area contributed by atoms with E-state index in [1.165, 1.54) is 0 Å². The predicted molar refractivity (Wildman–Crippen MR) is 178 cm³/mol. The van der Waals surface area contributed by atoms with Crippen LogP contribution in [0.5, 0.6) is 0 Å². The molecule has 0 heterocycles. The Kier molecular flexibility index (Phi) is 4.77. The van der Waals surface area contributed by atoms with E-state index in [4.69, 9.17) is 0 Å². The Morgan fingerprint density at radius 1 is 0.400 bits per heavy atom. The van der Waals surface area contributed by atoms with Crippen molar-refractivity contribution < 1.29 is 8.22 Å². The summed E-state index contributed by atoms with van der Waals surface area (Å²) in [7, 11) is -5.68. The Labute approximate surface area is 263 Å². The molecule has 0 aliphatic heterocycles. The number of rotatable bonds is 2. The highest BCUT2D eigenvalue weighted by Gasteiger charge is 2.79. The molecule has 0 unspecified atom stereocenters. The van der Waals surface area contributed by atoms with Gasteiger partial charge in [0.1, 0.15) is 0 Å². The third-order valence-electron chi connectivity index (χ3n) is 11.7. The molecule has 0 spiro atoms. The van der Waals surface area contributed by atoms with Gasteiger partial charge >= 0.3 is 8.74 Å². The molecule has 0 fully saturated rings. The lowest BCUT2D eigenvalue weighted by Crippen LogP contribution is -2.70. The van der Waals surface area contributed by atoms with Crippen molar-refractivity contribution in [2.24, 2.45) is 0 Å². The van der Waals surface area contributed by atoms with Crippen molar-refractivity contribution in [3.05, 3.63) is 211 Å². The highest BCUT2D eigenvalue weighted by Crippen LogP contribution is 2.71. The van der Waals surface area contributed by atoms with Gasteiger partial charge in [-0.3, -0.25) is 8.22 Å². The fourth-order valence-corrected chi connectivity index (χ4v) is 14.2. The van der Waals surface area contributed by atoms with Crippen molar-refractivity contribution in [3.63, 3.8) is 0 Å². The number of halogens is 2. The van der Waals surface area contributed by atoms with Crippen molar-refractivity contribution in [1.29, 1.82) is 0 Å². The van der Waals surface area contributed by atoms with Gasteiger partial charge in [-0.25, -0.2) is 0 Å². The van der Waals surface area contributed by atoms with Crippen LogP contribution >= 0.6 is 0 Å². The van der Waals surface area contributed by atoms with Crippen LogP contribution in [0, 0.1) is 13.8 Å². The summed E-state index contributed by atoms with van der Waals surface area (Å²) < 4.78 is 40.1. The summed E-state index contributed by atoms with van der Waals surface area (Å²) in [5, 5.41) is -3.19. The first kappa shape index (κ1) is 25.7. The van der Waals surface area contributed by atoms with E-state index in [1.807, 2.05) is 97.1 Å². The SMILES string of the molecule is Cc1cccc2c1C1c3ccccc3C2([Si](F)(F)C23c4ccccc4C(c4ccccc42)c2c(C)cccc23)c2ccccc21. The zero-order valence-corrected chi connectivity index (χ0v) is 26.1. The molecule has 12 rings (SSSR count). The van der Waals surface area contributed by atoms with Gasteiger partial charge in [0.15, 0.2) is 0 Å². The minimum Gasteiger partial charge on any atom is -0.267 e. The second-order valence-electron chi connectivity index (χ2n) is 13.4. The summed E-state index contributed by atoms with van der Waals surface area (Å²) in [6.45, 7) is 4.21. The fourth-order valence-electron chi connectivity index (χ4n) is 10.3. The predicted octanol–water partition coefficient (Wildman–Crippen LogP) is 9.75. The van der Waals surface area contributed by atoms with Gasteiger partial charge in [-0.2, -0.15) is 0 Å². The molecule has 0 radical (unpaired) electrons. The lowest BCUT2D eigenvalue weighted by Gasteiger charge is -2.60. The van der Waals surface area contributed by atoms with Crippen molar-refractivity contribution in [2.75, 3.05) is 0 Å². The van der Waals surface area contributed by atoms with Gasteiger partial charge in [0, 0.05) is 11.8 Å². The molecule has 45 heavy (non-hydrogen) atoms. The first-order valence-electron chi connectivity index (χ1n) is 15.9. The lowest BCUT2D eigenvalue weighted by molar-refractivity contribution is 0.439. The van der Waals surface area contributed by atoms with Crippen LogP contribution in [0.4, 0.5) is 8.22 Å². The molecule has 0 amide bonds. The van der Waals surface area contributed by atoms with E-state index in [0.717, 1.165) is 77.9 Å². The molecule has 0 saturated heterocycles. The Balaban J connectivity index is 1.47. The Bertz CT molecular complexity index is 2010. The minimum atomic E-state index is -5.68. The second-order valence-corrected chi connectivity index (χ2v) is 16.0. The molecule has 216 valence electrons. The van der Waals surface area contributed by atoms with Crippen LogP contribution in [0.1, 0.15) is 89.7 Å². The van der Waals surface area contributed by atoms with Crippen LogP contribution in [-0.2, 0) is 10.1 Å². The Hall–Kier alpha value is -4.60. The highest BCUT2D eigenvalue weighted by molar-refractivity contribution is 6.76. The zero-order chi connectivity index (χ0) is 30.3. The molecule has 4 bridgehead atoms. The van der Waals surface area contributed by atoms with Gasteiger partial charge in [-0.15, -0.1) is 0 Å². The summed E-state index contributed by atoms with van der Waals surface area (Å²) in [6.07, 6.45) is 0. The van der Waals surface area contributed by atoms with Gasteiger partial charge in [-0.1, -0.05) is 133 Å². The largest absolute Gasteiger partial charge is 0.462 e. The number of hydrogen-bond donors (Lipinski definition) is 0. The molecule has 0 nitrogen and oxygen atoms in total. The van der Waals surface area contributed by atoms with E-state index >= 15 is 8.22 Å². The summed E-state index contributed by atoms with van der Waals surface area (Å²) in [5.74, 6) is -0.122. The van der Waals surface area contributed by atoms with Crippen LogP contribution in [0.25, 0.3) is 0 Å². The van der Waals surface area contributed by atoms with Gasteiger partial charge < -0.3 is 0 Å². The average Bonchev–Trinajstić information content (AvgIpc) is 3.08. The average molecular weight is 601 g/mol. The lowest BCUT2D eigenvalue weighted by atomic mass is 9.59. The van der Waals surface area contributed by atoms with Crippen LogP contribution in [-0.4, -0.2) is 8.74 Å². The van der Waals surface area contributed by atoms with E-state index in [0.29, 0.717) is 0 Å². The molecule has 0 aromatic heterocycles. The van der Waals surface area contributed by atoms with E-state index in [1.54, 1.807) is 0 Å².